The van der Waals surface area contributed by atoms with E-state index in [0.29, 0.717) is 0 Å². The van der Waals surface area contributed by atoms with Gasteiger partial charge in [-0.2, -0.15) is 0 Å². The molecule has 0 atom stereocenters. The fourth-order valence-corrected chi connectivity index (χ4v) is 1.49. The first-order valence-electron chi connectivity index (χ1n) is 2.95. The van der Waals surface area contributed by atoms with Gasteiger partial charge in [0.2, 0.25) is 0 Å². The maximum atomic E-state index is 10.2. The molecular formula is C7H8O2S. The Morgan fingerprint density at radius 1 is 1.80 bits per heavy atom. The summed E-state index contributed by atoms with van der Waals surface area (Å²) in [5.74, 6) is -0.762. The van der Waals surface area contributed by atoms with Gasteiger partial charge in [-0.05, 0) is 23.9 Å². The lowest BCUT2D eigenvalue weighted by Gasteiger charge is -1.91. The second-order valence-electron chi connectivity index (χ2n) is 2.07. The monoisotopic (exact) mass is 156 g/mol. The predicted molar refractivity (Wildman–Crippen MR) is 40.4 cm³/mol. The third-order valence-electron chi connectivity index (χ3n) is 1.31. The van der Waals surface area contributed by atoms with Crippen molar-refractivity contribution < 1.29 is 9.90 Å². The summed E-state index contributed by atoms with van der Waals surface area (Å²) in [5.41, 5.74) is 0.928. The zero-order chi connectivity index (χ0) is 7.56. The Morgan fingerprint density at radius 3 is 2.90 bits per heavy atom. The fourth-order valence-electron chi connectivity index (χ4n) is 0.758. The zero-order valence-electron chi connectivity index (χ0n) is 5.63. The van der Waals surface area contributed by atoms with E-state index in [1.165, 1.54) is 0 Å². The van der Waals surface area contributed by atoms with Crippen LogP contribution in [0, 0.1) is 6.92 Å². The van der Waals surface area contributed by atoms with Crippen LogP contribution in [-0.4, -0.2) is 11.1 Å². The van der Waals surface area contributed by atoms with Gasteiger partial charge >= 0.3 is 5.97 Å². The van der Waals surface area contributed by atoms with Crippen molar-refractivity contribution >= 4 is 17.3 Å². The number of carboxylic acids is 1. The Bertz CT molecular complexity index is 240. The summed E-state index contributed by atoms with van der Waals surface area (Å²) < 4.78 is 0. The standard InChI is InChI=1S/C7H8O2S/c1-5-6(2-3-10-5)4-7(8)9/h2-3H,4H2,1H3,(H,8,9). The summed E-state index contributed by atoms with van der Waals surface area (Å²) in [7, 11) is 0. The quantitative estimate of drug-likeness (QED) is 0.707. The average molecular weight is 156 g/mol. The van der Waals surface area contributed by atoms with Crippen LogP contribution in [0.5, 0.6) is 0 Å². The number of carbonyl (C=O) groups is 1. The largest absolute Gasteiger partial charge is 0.481 e. The lowest BCUT2D eigenvalue weighted by molar-refractivity contribution is -0.136. The SMILES string of the molecule is Cc1sccc1CC(=O)O. The molecule has 1 aromatic heterocycles. The van der Waals surface area contributed by atoms with Gasteiger partial charge in [-0.15, -0.1) is 11.3 Å². The van der Waals surface area contributed by atoms with Crippen LogP contribution in [0.15, 0.2) is 11.4 Å². The normalized spacial score (nSPS) is 9.70. The van der Waals surface area contributed by atoms with E-state index >= 15 is 0 Å². The molecule has 0 bridgehead atoms. The highest BCUT2D eigenvalue weighted by Crippen LogP contribution is 2.14. The average Bonchev–Trinajstić information content (AvgIpc) is 2.15. The molecule has 0 fully saturated rings. The maximum absolute atomic E-state index is 10.2. The van der Waals surface area contributed by atoms with Gasteiger partial charge in [0, 0.05) is 4.88 Å². The summed E-state index contributed by atoms with van der Waals surface area (Å²) >= 11 is 1.58. The van der Waals surface area contributed by atoms with Crippen LogP contribution < -0.4 is 0 Å². The molecule has 0 aliphatic heterocycles. The van der Waals surface area contributed by atoms with Crippen molar-refractivity contribution in [3.8, 4) is 0 Å². The molecule has 0 radical (unpaired) electrons. The number of aliphatic carboxylic acids is 1. The molecule has 2 nitrogen and oxygen atoms in total. The third kappa shape index (κ3) is 1.57. The van der Waals surface area contributed by atoms with E-state index in [0.717, 1.165) is 10.4 Å². The van der Waals surface area contributed by atoms with Crippen LogP contribution in [0.3, 0.4) is 0 Å². The van der Waals surface area contributed by atoms with Crippen molar-refractivity contribution in [2.45, 2.75) is 13.3 Å². The highest BCUT2D eigenvalue weighted by atomic mass is 32.1. The molecule has 1 aromatic rings. The van der Waals surface area contributed by atoms with E-state index < -0.39 is 5.97 Å². The summed E-state index contributed by atoms with van der Waals surface area (Å²) in [6, 6.07) is 1.86. The van der Waals surface area contributed by atoms with Gasteiger partial charge in [0.15, 0.2) is 0 Å². The predicted octanol–water partition coefficient (Wildman–Crippen LogP) is 1.68. The van der Waals surface area contributed by atoms with Gasteiger partial charge in [-0.25, -0.2) is 0 Å². The van der Waals surface area contributed by atoms with Gasteiger partial charge in [0.25, 0.3) is 0 Å². The van der Waals surface area contributed by atoms with E-state index in [1.807, 2.05) is 18.4 Å². The summed E-state index contributed by atoms with van der Waals surface area (Å²) in [5, 5.41) is 10.3. The molecule has 10 heavy (non-hydrogen) atoms. The molecule has 3 heteroatoms. The van der Waals surface area contributed by atoms with Gasteiger partial charge in [-0.1, -0.05) is 0 Å². The second-order valence-corrected chi connectivity index (χ2v) is 3.19. The van der Waals surface area contributed by atoms with E-state index in [2.05, 4.69) is 0 Å². The molecule has 0 aliphatic rings. The zero-order valence-corrected chi connectivity index (χ0v) is 6.44. The minimum Gasteiger partial charge on any atom is -0.481 e. The Labute approximate surface area is 63.1 Å². The fraction of sp³-hybridized carbons (Fsp3) is 0.286. The molecule has 1 N–H and O–H groups in total. The van der Waals surface area contributed by atoms with Gasteiger partial charge < -0.3 is 5.11 Å². The summed E-state index contributed by atoms with van der Waals surface area (Å²) in [4.78, 5) is 11.3. The van der Waals surface area contributed by atoms with Crippen LogP contribution in [0.4, 0.5) is 0 Å². The molecule has 0 saturated carbocycles. The molecule has 0 amide bonds. The molecule has 0 spiro atoms. The van der Waals surface area contributed by atoms with E-state index in [1.54, 1.807) is 11.3 Å². The maximum Gasteiger partial charge on any atom is 0.307 e. The molecule has 1 heterocycles. The van der Waals surface area contributed by atoms with E-state index in [4.69, 9.17) is 5.11 Å². The highest BCUT2D eigenvalue weighted by Gasteiger charge is 2.03. The highest BCUT2D eigenvalue weighted by molar-refractivity contribution is 7.10. The van der Waals surface area contributed by atoms with Crippen LogP contribution in [0.1, 0.15) is 10.4 Å². The van der Waals surface area contributed by atoms with Crippen molar-refractivity contribution in [1.29, 1.82) is 0 Å². The van der Waals surface area contributed by atoms with Crippen molar-refractivity contribution in [3.63, 3.8) is 0 Å². The molecule has 0 aliphatic carbocycles. The van der Waals surface area contributed by atoms with E-state index in [-0.39, 0.29) is 6.42 Å². The minimum atomic E-state index is -0.762. The van der Waals surface area contributed by atoms with Crippen LogP contribution in [0.2, 0.25) is 0 Å². The van der Waals surface area contributed by atoms with Crippen molar-refractivity contribution in [2.24, 2.45) is 0 Å². The van der Waals surface area contributed by atoms with Crippen LogP contribution in [0.25, 0.3) is 0 Å². The van der Waals surface area contributed by atoms with Crippen molar-refractivity contribution in [2.75, 3.05) is 0 Å². The number of rotatable bonds is 2. The first-order chi connectivity index (χ1) is 4.70. The number of thiophene rings is 1. The molecule has 54 valence electrons. The van der Waals surface area contributed by atoms with Crippen molar-refractivity contribution in [3.05, 3.63) is 21.9 Å². The minimum absolute atomic E-state index is 0.148. The Hall–Kier alpha value is -0.830. The summed E-state index contributed by atoms with van der Waals surface area (Å²) in [6.45, 7) is 1.93. The number of carboxylic acid groups (broad SMARTS) is 1. The van der Waals surface area contributed by atoms with Crippen LogP contribution in [-0.2, 0) is 11.2 Å². The molecular weight excluding hydrogens is 148 g/mol. The number of hydrogen-bond acceptors (Lipinski definition) is 2. The first kappa shape index (κ1) is 7.28. The lowest BCUT2D eigenvalue weighted by atomic mass is 10.2. The Kier molecular flexibility index (Phi) is 2.06. The van der Waals surface area contributed by atoms with Gasteiger partial charge in [0.1, 0.15) is 0 Å². The van der Waals surface area contributed by atoms with Crippen LogP contribution >= 0.6 is 11.3 Å². The molecule has 0 aromatic carbocycles. The summed E-state index contributed by atoms with van der Waals surface area (Å²) in [6.07, 6.45) is 0.148. The van der Waals surface area contributed by atoms with Crippen molar-refractivity contribution in [1.82, 2.24) is 0 Å². The smallest absolute Gasteiger partial charge is 0.307 e. The second kappa shape index (κ2) is 2.84. The third-order valence-corrected chi connectivity index (χ3v) is 2.20. The Balaban J connectivity index is 2.74. The number of aryl methyl sites for hydroxylation is 1. The topological polar surface area (TPSA) is 37.3 Å². The van der Waals surface area contributed by atoms with Gasteiger partial charge in [0.05, 0.1) is 6.42 Å². The number of hydrogen-bond donors (Lipinski definition) is 1. The lowest BCUT2D eigenvalue weighted by Crippen LogP contribution is -1.99. The van der Waals surface area contributed by atoms with E-state index in [9.17, 15) is 4.79 Å². The molecule has 1 rings (SSSR count). The molecule has 0 unspecified atom stereocenters. The molecule has 0 saturated heterocycles. The first-order valence-corrected chi connectivity index (χ1v) is 3.83. The Morgan fingerprint density at radius 2 is 2.50 bits per heavy atom. The van der Waals surface area contributed by atoms with Gasteiger partial charge in [-0.3, -0.25) is 4.79 Å².